The fraction of sp³-hybridized carbons (Fsp3) is 0.172. The fourth-order valence-electron chi connectivity index (χ4n) is 15.9. The molecule has 0 spiro atoms. The van der Waals surface area contributed by atoms with Crippen LogP contribution in [0.25, 0.3) is 54.6 Å². The van der Waals surface area contributed by atoms with Crippen LogP contribution in [0.5, 0.6) is 29.0 Å². The van der Waals surface area contributed by atoms with Crippen LogP contribution >= 0.6 is 0 Å². The summed E-state index contributed by atoms with van der Waals surface area (Å²) in [6.07, 6.45) is 6.14. The molecule has 15 aromatic rings. The monoisotopic (exact) mass is 2020 g/mol. The fourth-order valence-corrected chi connectivity index (χ4v) is 16.9. The molecule has 0 radical (unpaired) electrons. The topological polar surface area (TPSA) is 695 Å². The lowest BCUT2D eigenvalue weighted by Gasteiger charge is -2.14. The summed E-state index contributed by atoms with van der Waals surface area (Å²) in [4.78, 5) is 189. The number of nitrogen functional groups attached to an aromatic ring is 1. The highest BCUT2D eigenvalue weighted by Crippen LogP contribution is 2.43. The summed E-state index contributed by atoms with van der Waals surface area (Å²) in [7, 11) is -7.47. The molecule has 0 bridgehead atoms. The third-order valence-corrected chi connectivity index (χ3v) is 23.1. The Balaban J connectivity index is 0.000000173. The van der Waals surface area contributed by atoms with Gasteiger partial charge in [0.1, 0.15) is 22.9 Å². The number of hydrogen-bond donors (Lipinski definition) is 12. The smallest absolute Gasteiger partial charge is 0.341 e. The zero-order chi connectivity index (χ0) is 106. The van der Waals surface area contributed by atoms with Crippen molar-refractivity contribution >= 4 is 174 Å². The Morgan fingerprint density at radius 1 is 0.324 bits per heavy atom. The van der Waals surface area contributed by atoms with E-state index in [0.717, 1.165) is 40.3 Å². The van der Waals surface area contributed by atoms with Gasteiger partial charge in [-0.2, -0.15) is 0 Å². The number of carbonyl (C=O) groups excluding carboxylic acids is 11. The standard InChI is InChI=1S/C21H21N3O7S.C20H20N4O6S.C20H19N3O5.2C19H17N3O5/c1-12-17(20(27)21(22)28)18-15(31-11-16(25)26)9-8-14(23-32(2,29)30)19(18)24(12)10-13-6-4-3-5-7-13;1-12-16(18(26)19(21)27)17-14(24(12)10-13-6-4-3-5-7-13)8-9-22-20(17)30-11-15(25)23-31(2,28)29;1-11-17(19(26)20(22)27)18-14(23(11)9-12-5-3-2-4-6-12)7-13(21)8-15(18)28-10-16(24)25;1-11-15(17(25)18(20)26)16-13(27-10-14(23)24)7-8-21-19(16)22(11)9-12-5-3-2-4-6-12;1-11-15(17(25)18(20)26)16-13(7-8-21-19(16)27-10-14(23)24)22(11)9-12-5-3-2-4-6-12/h3-9,23H,10-11H2,1-2H3,(H2,22,28)(H,25,26);3-9H,10-11H2,1-2H3,(H2,21,27)(H,23,25);2-8H,9-10,21H2,1H3,(H2,22,27)(H,24,25);2*2-8H,9-10H2,1H3,(H2,20,26)(H,23,24). The predicted octanol–water partition coefficient (Wildman–Crippen LogP) is 6.78. The van der Waals surface area contributed by atoms with Gasteiger partial charge in [0.25, 0.3) is 64.4 Å². The number of nitrogens with zero attached hydrogens (tertiary/aromatic N) is 8. The van der Waals surface area contributed by atoms with Crippen LogP contribution in [-0.2, 0) is 101 Å². The Morgan fingerprint density at radius 2 is 0.628 bits per heavy atom. The molecule has 15 rings (SSSR count). The molecule has 0 aliphatic heterocycles. The van der Waals surface area contributed by atoms with Crippen molar-refractivity contribution in [2.24, 2.45) is 28.7 Å². The van der Waals surface area contributed by atoms with Crippen LogP contribution < -0.4 is 67.5 Å². The van der Waals surface area contributed by atoms with Crippen molar-refractivity contribution in [3.63, 3.8) is 0 Å². The third-order valence-electron chi connectivity index (χ3n) is 21.9. The van der Waals surface area contributed by atoms with Gasteiger partial charge >= 0.3 is 23.9 Å². The van der Waals surface area contributed by atoms with Crippen molar-refractivity contribution < 1.29 is 133 Å². The maximum Gasteiger partial charge on any atom is 0.341 e. The van der Waals surface area contributed by atoms with Gasteiger partial charge in [-0.25, -0.2) is 51.0 Å². The number of aliphatic carboxylic acids is 4. The molecule has 0 saturated heterocycles. The molecule has 0 unspecified atom stereocenters. The van der Waals surface area contributed by atoms with Gasteiger partial charge < -0.3 is 101 Å². The number of rotatable bonds is 38. The Morgan fingerprint density at radius 3 is 0.993 bits per heavy atom. The molecule has 7 aromatic carbocycles. The highest BCUT2D eigenvalue weighted by molar-refractivity contribution is 7.92. The normalized spacial score (nSPS) is 11.0. The number of amides is 6. The molecule has 0 saturated carbocycles. The number of sulfonamides is 2. The van der Waals surface area contributed by atoms with Crippen LogP contribution in [0.1, 0.15) is 108 Å². The van der Waals surface area contributed by atoms with Crippen LogP contribution in [0.4, 0.5) is 11.4 Å². The Bertz CT molecular complexity index is 7750. The van der Waals surface area contributed by atoms with Crippen molar-refractivity contribution in [1.29, 1.82) is 0 Å². The lowest BCUT2D eigenvalue weighted by Crippen LogP contribution is -2.33. The summed E-state index contributed by atoms with van der Waals surface area (Å²) in [5.74, 6) is -15.8. The molecule has 0 atom stereocenters. The van der Waals surface area contributed by atoms with Crippen molar-refractivity contribution in [1.82, 2.24) is 42.5 Å². The van der Waals surface area contributed by atoms with E-state index >= 15 is 0 Å². The zero-order valence-electron chi connectivity index (χ0n) is 78.2. The number of aromatic nitrogens is 8. The van der Waals surface area contributed by atoms with E-state index < -0.39 is 141 Å². The highest BCUT2D eigenvalue weighted by Gasteiger charge is 2.35. The summed E-state index contributed by atoms with van der Waals surface area (Å²) in [6, 6.07) is 57.8. The number of carboxylic acid groups (broad SMARTS) is 4. The maximum absolute atomic E-state index is 12.7. The lowest BCUT2D eigenvalue weighted by molar-refractivity contribution is -0.140. The molecule has 46 heteroatoms. The van der Waals surface area contributed by atoms with E-state index in [1.807, 2.05) is 165 Å². The first-order valence-corrected chi connectivity index (χ1v) is 46.9. The quantitative estimate of drug-likeness (QED) is 0.0108. The maximum atomic E-state index is 12.7. The molecule has 8 heterocycles. The average Bonchev–Trinajstić information content (AvgIpc) is 1.58. The SMILES string of the molecule is Cc1c(C(=O)C(N)=O)c2c(OCC(=O)NS(C)(=O)=O)nccc2n1Cc1ccccc1.Cc1c(C(=O)C(N)=O)c2c(OCC(=O)O)cc(N)cc2n1Cc1ccccc1.Cc1c(C(=O)C(N)=O)c2c(OCC(=O)O)ccc(NS(C)(=O)=O)c2n1Cc1ccccc1.Cc1c(C(=O)C(N)=O)c2c(OCC(=O)O)ccnc2n1Cc1ccccc1.Cc1c(C(=O)C(N)=O)c2c(OCC(=O)O)nccc2n1Cc1ccccc1. The van der Waals surface area contributed by atoms with Crippen LogP contribution in [0.2, 0.25) is 0 Å². The second-order valence-electron chi connectivity index (χ2n) is 32.1. The number of carboxylic acids is 4. The van der Waals surface area contributed by atoms with Gasteiger partial charge in [0.05, 0.1) is 95.0 Å². The number of hydrogen-bond acceptors (Lipinski definition) is 28. The van der Waals surface area contributed by atoms with Crippen molar-refractivity contribution in [2.45, 2.75) is 67.3 Å². The first kappa shape index (κ1) is 107. The van der Waals surface area contributed by atoms with Gasteiger partial charge in [-0.05, 0) is 98.8 Å². The molecular weight excluding hydrogens is 1930 g/mol. The molecule has 0 aliphatic carbocycles. The number of ketones is 5. The zero-order valence-corrected chi connectivity index (χ0v) is 79.9. The number of Topliss-reactive ketones (excluding diaryl/α,β-unsaturated/α-hetero) is 5. The molecular formula is C99H94N16O28S2. The number of primary amides is 5. The number of nitrogens with one attached hydrogen (secondary N) is 2. The number of ether oxygens (including phenoxy) is 5. The molecule has 750 valence electrons. The Hall–Kier alpha value is -18.8. The van der Waals surface area contributed by atoms with Gasteiger partial charge in [0, 0.05) is 91.5 Å². The van der Waals surface area contributed by atoms with Crippen molar-refractivity contribution in [3.8, 4) is 29.0 Å². The third kappa shape index (κ3) is 25.9. The van der Waals surface area contributed by atoms with E-state index in [4.69, 9.17) is 78.5 Å². The van der Waals surface area contributed by atoms with Crippen LogP contribution in [0.15, 0.2) is 213 Å². The van der Waals surface area contributed by atoms with Gasteiger partial charge in [-0.1, -0.05) is 152 Å². The summed E-state index contributed by atoms with van der Waals surface area (Å²) in [5, 5.41) is 36.9. The number of fused-ring (bicyclic) bond motifs is 5. The van der Waals surface area contributed by atoms with E-state index in [1.165, 1.54) is 42.9 Å². The average molecular weight is 2020 g/mol. The second-order valence-corrected chi connectivity index (χ2v) is 35.6. The Kier molecular flexibility index (Phi) is 34.1. The van der Waals surface area contributed by atoms with E-state index in [-0.39, 0.29) is 96.1 Å². The minimum absolute atomic E-state index is 0.000891. The van der Waals surface area contributed by atoms with Gasteiger partial charge in [-0.3, -0.25) is 62.2 Å². The summed E-state index contributed by atoms with van der Waals surface area (Å²) >= 11 is 0. The van der Waals surface area contributed by atoms with Crippen LogP contribution in [0, 0.1) is 34.6 Å². The molecule has 0 fully saturated rings. The van der Waals surface area contributed by atoms with Crippen LogP contribution in [0.3, 0.4) is 0 Å². The summed E-state index contributed by atoms with van der Waals surface area (Å²) in [5.41, 5.74) is 42.1. The molecule has 8 aromatic heterocycles. The molecule has 6 amide bonds. The van der Waals surface area contributed by atoms with E-state index in [9.17, 15) is 88.8 Å². The number of carbonyl (C=O) groups is 15. The number of pyridine rings is 3. The summed E-state index contributed by atoms with van der Waals surface area (Å²) < 4.78 is 86.1. The van der Waals surface area contributed by atoms with Gasteiger partial charge in [0.2, 0.25) is 31.8 Å². The summed E-state index contributed by atoms with van der Waals surface area (Å²) in [6.45, 7) is 7.01. The predicted molar refractivity (Wildman–Crippen MR) is 526 cm³/mol. The van der Waals surface area contributed by atoms with E-state index in [2.05, 4.69) is 19.7 Å². The van der Waals surface area contributed by atoms with Crippen molar-refractivity contribution in [2.75, 3.05) is 56.0 Å². The first-order valence-electron chi connectivity index (χ1n) is 43.1. The molecule has 0 aliphatic rings. The second kappa shape index (κ2) is 46.3. The minimum Gasteiger partial charge on any atom is -0.481 e. The first-order chi connectivity index (χ1) is 68.7. The van der Waals surface area contributed by atoms with E-state index in [1.54, 1.807) is 66.7 Å². The van der Waals surface area contributed by atoms with Gasteiger partial charge in [0.15, 0.2) is 33.0 Å². The highest BCUT2D eigenvalue weighted by atomic mass is 32.2. The largest absolute Gasteiger partial charge is 0.481 e. The minimum atomic E-state index is -3.76. The van der Waals surface area contributed by atoms with E-state index in [0.29, 0.717) is 87.9 Å². The lowest BCUT2D eigenvalue weighted by atomic mass is 10.0. The Labute approximate surface area is 823 Å². The van der Waals surface area contributed by atoms with Crippen LogP contribution in [-0.4, -0.2) is 209 Å². The van der Waals surface area contributed by atoms with Crippen molar-refractivity contribution in [3.05, 3.63) is 297 Å². The molecule has 44 nitrogen and oxygen atoms in total. The number of nitrogens with two attached hydrogens (primary N) is 6. The molecule has 18 N–H and O–H groups in total. The number of benzene rings is 7. The number of anilines is 2. The van der Waals surface area contributed by atoms with Gasteiger partial charge in [-0.15, -0.1) is 0 Å². The molecule has 145 heavy (non-hydrogen) atoms.